The fourth-order valence-corrected chi connectivity index (χ4v) is 0.568. The van der Waals surface area contributed by atoms with Gasteiger partial charge in [-0.05, 0) is 6.92 Å². The zero-order valence-corrected chi connectivity index (χ0v) is 6.95. The third kappa shape index (κ3) is 3.08. The Morgan fingerprint density at radius 3 is 2.92 bits per heavy atom. The van der Waals surface area contributed by atoms with Crippen LogP contribution in [0.1, 0.15) is 6.92 Å². The second-order valence-electron chi connectivity index (χ2n) is 2.16. The Hall–Kier alpha value is -1.47. The van der Waals surface area contributed by atoms with Crippen LogP contribution in [0.15, 0.2) is 12.7 Å². The third-order valence-electron chi connectivity index (χ3n) is 1.29. The van der Waals surface area contributed by atoms with Gasteiger partial charge in [0.1, 0.15) is 6.04 Å². The highest BCUT2D eigenvalue weighted by Crippen LogP contribution is 1.92. The highest BCUT2D eigenvalue weighted by Gasteiger charge is 2.16. The molecule has 0 heterocycles. The standard InChI is InChI=1S/C8H12N2O2/c1-4-6-9-10(5-2)7(3)8(11)12/h2,4,7,9H,1,6H2,3H3,(H,11,12). The van der Waals surface area contributed by atoms with Crippen molar-refractivity contribution in [1.82, 2.24) is 10.4 Å². The Labute approximate surface area is 71.8 Å². The lowest BCUT2D eigenvalue weighted by molar-refractivity contribution is -0.142. The first-order valence-electron chi connectivity index (χ1n) is 3.46. The van der Waals surface area contributed by atoms with Gasteiger partial charge in [0.15, 0.2) is 0 Å². The Bertz CT molecular complexity index is 208. The fourth-order valence-electron chi connectivity index (χ4n) is 0.568. The molecule has 0 aliphatic carbocycles. The van der Waals surface area contributed by atoms with Crippen LogP contribution in [0.25, 0.3) is 0 Å². The van der Waals surface area contributed by atoms with Crippen molar-refractivity contribution in [2.24, 2.45) is 0 Å². The van der Waals surface area contributed by atoms with E-state index in [2.05, 4.69) is 18.0 Å². The SMILES string of the molecule is C#CN(NCC=C)C(C)C(=O)O. The lowest BCUT2D eigenvalue weighted by Gasteiger charge is -2.21. The number of carboxylic acids is 1. The second-order valence-corrected chi connectivity index (χ2v) is 2.16. The maximum Gasteiger partial charge on any atom is 0.328 e. The molecule has 0 amide bonds. The van der Waals surface area contributed by atoms with E-state index in [9.17, 15) is 4.79 Å². The lowest BCUT2D eigenvalue weighted by Crippen LogP contribution is -2.44. The number of carboxylic acid groups (broad SMARTS) is 1. The molecule has 0 aliphatic heterocycles. The summed E-state index contributed by atoms with van der Waals surface area (Å²) in [4.78, 5) is 10.5. The van der Waals surface area contributed by atoms with Crippen LogP contribution in [-0.4, -0.2) is 28.7 Å². The molecule has 0 rings (SSSR count). The number of aliphatic carboxylic acids is 1. The van der Waals surface area contributed by atoms with Crippen molar-refractivity contribution in [2.75, 3.05) is 6.54 Å². The van der Waals surface area contributed by atoms with Crippen molar-refractivity contribution in [1.29, 1.82) is 0 Å². The van der Waals surface area contributed by atoms with Crippen LogP contribution < -0.4 is 5.43 Å². The molecule has 0 spiro atoms. The molecule has 0 radical (unpaired) electrons. The van der Waals surface area contributed by atoms with Gasteiger partial charge in [-0.15, -0.1) is 6.58 Å². The second kappa shape index (κ2) is 5.22. The largest absolute Gasteiger partial charge is 0.480 e. The summed E-state index contributed by atoms with van der Waals surface area (Å²) >= 11 is 0. The quantitative estimate of drug-likeness (QED) is 0.263. The van der Waals surface area contributed by atoms with Gasteiger partial charge < -0.3 is 5.11 Å². The van der Waals surface area contributed by atoms with Crippen LogP contribution in [0.4, 0.5) is 0 Å². The summed E-state index contributed by atoms with van der Waals surface area (Å²) < 4.78 is 0. The molecule has 0 fully saturated rings. The predicted octanol–water partition coefficient (Wildman–Crippen LogP) is 0.0428. The predicted molar refractivity (Wildman–Crippen MR) is 46.0 cm³/mol. The molecule has 0 saturated carbocycles. The number of terminal acetylenes is 1. The number of carbonyl (C=O) groups is 1. The first-order valence-corrected chi connectivity index (χ1v) is 3.46. The van der Waals surface area contributed by atoms with Crippen LogP contribution in [0, 0.1) is 12.5 Å². The molecule has 4 heteroatoms. The van der Waals surface area contributed by atoms with E-state index < -0.39 is 12.0 Å². The summed E-state index contributed by atoms with van der Waals surface area (Å²) in [6.07, 6.45) is 6.66. The number of rotatable bonds is 5. The molecule has 0 saturated heterocycles. The zero-order chi connectivity index (χ0) is 9.56. The van der Waals surface area contributed by atoms with Crippen molar-refractivity contribution in [3.05, 3.63) is 12.7 Å². The van der Waals surface area contributed by atoms with Gasteiger partial charge in [-0.1, -0.05) is 12.5 Å². The van der Waals surface area contributed by atoms with Crippen LogP contribution in [-0.2, 0) is 4.79 Å². The van der Waals surface area contributed by atoms with E-state index in [1.165, 1.54) is 11.9 Å². The molecule has 0 aromatic heterocycles. The molecule has 0 aliphatic rings. The Balaban J connectivity index is 4.07. The summed E-state index contributed by atoms with van der Waals surface area (Å²) in [5, 5.41) is 9.76. The first-order chi connectivity index (χ1) is 5.63. The van der Waals surface area contributed by atoms with Crippen molar-refractivity contribution >= 4 is 5.97 Å². The normalized spacial score (nSPS) is 11.3. The summed E-state index contributed by atoms with van der Waals surface area (Å²) in [6, 6.07) is 1.47. The van der Waals surface area contributed by atoms with E-state index in [-0.39, 0.29) is 0 Å². The maximum absolute atomic E-state index is 10.5. The molecule has 1 atom stereocenters. The zero-order valence-electron chi connectivity index (χ0n) is 6.95. The van der Waals surface area contributed by atoms with Crippen molar-refractivity contribution < 1.29 is 9.90 Å². The molecule has 0 aromatic rings. The topological polar surface area (TPSA) is 52.6 Å². The number of nitrogens with one attached hydrogen (secondary N) is 1. The molecule has 12 heavy (non-hydrogen) atoms. The van der Waals surface area contributed by atoms with Crippen LogP contribution >= 0.6 is 0 Å². The highest BCUT2D eigenvalue weighted by molar-refractivity contribution is 5.73. The smallest absolute Gasteiger partial charge is 0.328 e. The minimum absolute atomic E-state index is 0.446. The van der Waals surface area contributed by atoms with E-state index in [0.717, 1.165) is 0 Å². The minimum atomic E-state index is -0.968. The van der Waals surface area contributed by atoms with Gasteiger partial charge in [0, 0.05) is 12.6 Å². The fraction of sp³-hybridized carbons (Fsp3) is 0.375. The van der Waals surface area contributed by atoms with Gasteiger partial charge >= 0.3 is 5.97 Å². The van der Waals surface area contributed by atoms with E-state index in [1.54, 1.807) is 6.08 Å². The molecule has 2 N–H and O–H groups in total. The average Bonchev–Trinajstić information content (AvgIpc) is 2.05. The van der Waals surface area contributed by atoms with Crippen LogP contribution in [0.2, 0.25) is 0 Å². The molecule has 0 aromatic carbocycles. The van der Waals surface area contributed by atoms with E-state index >= 15 is 0 Å². The average molecular weight is 168 g/mol. The molecular formula is C8H12N2O2. The summed E-state index contributed by atoms with van der Waals surface area (Å²) in [5.41, 5.74) is 2.70. The molecule has 0 bridgehead atoms. The Morgan fingerprint density at radius 1 is 2.00 bits per heavy atom. The van der Waals surface area contributed by atoms with Gasteiger partial charge in [0.2, 0.25) is 0 Å². The molecule has 66 valence electrons. The Kier molecular flexibility index (Phi) is 4.58. The van der Waals surface area contributed by atoms with Gasteiger partial charge in [-0.2, -0.15) is 0 Å². The lowest BCUT2D eigenvalue weighted by atomic mass is 10.3. The number of hydrogen-bond donors (Lipinski definition) is 2. The molecule has 1 unspecified atom stereocenters. The summed E-state index contributed by atoms with van der Waals surface area (Å²) in [7, 11) is 0. The van der Waals surface area contributed by atoms with Crippen molar-refractivity contribution in [3.8, 4) is 12.5 Å². The maximum atomic E-state index is 10.5. The van der Waals surface area contributed by atoms with Crippen molar-refractivity contribution in [3.63, 3.8) is 0 Å². The molecular weight excluding hydrogens is 156 g/mol. The third-order valence-corrected chi connectivity index (χ3v) is 1.29. The minimum Gasteiger partial charge on any atom is -0.480 e. The first kappa shape index (κ1) is 10.5. The molecule has 4 nitrogen and oxygen atoms in total. The van der Waals surface area contributed by atoms with Gasteiger partial charge in [0.25, 0.3) is 0 Å². The highest BCUT2D eigenvalue weighted by atomic mass is 16.4. The van der Waals surface area contributed by atoms with E-state index in [1.807, 2.05) is 0 Å². The van der Waals surface area contributed by atoms with Crippen LogP contribution in [0.5, 0.6) is 0 Å². The number of nitrogens with zero attached hydrogens (tertiary/aromatic N) is 1. The monoisotopic (exact) mass is 168 g/mol. The summed E-state index contributed by atoms with van der Waals surface area (Å²) in [5.74, 6) is -0.968. The van der Waals surface area contributed by atoms with Crippen molar-refractivity contribution in [2.45, 2.75) is 13.0 Å². The van der Waals surface area contributed by atoms with Crippen LogP contribution in [0.3, 0.4) is 0 Å². The summed E-state index contributed by atoms with van der Waals surface area (Å²) in [6.45, 7) is 5.41. The Morgan fingerprint density at radius 2 is 2.58 bits per heavy atom. The van der Waals surface area contributed by atoms with Gasteiger partial charge in [-0.3, -0.25) is 5.01 Å². The number of hydrogen-bond acceptors (Lipinski definition) is 3. The van der Waals surface area contributed by atoms with E-state index in [0.29, 0.717) is 6.54 Å². The van der Waals surface area contributed by atoms with Gasteiger partial charge in [0.05, 0.1) is 0 Å². The number of hydrazine groups is 1. The van der Waals surface area contributed by atoms with Gasteiger partial charge in [-0.25, -0.2) is 10.2 Å². The van der Waals surface area contributed by atoms with E-state index in [4.69, 9.17) is 11.5 Å².